The zero-order valence-corrected chi connectivity index (χ0v) is 40.1. The molecule has 4 aromatic heterocycles. The van der Waals surface area contributed by atoms with Gasteiger partial charge in [-0.15, -0.1) is 0 Å². The van der Waals surface area contributed by atoms with Crippen LogP contribution in [0.25, 0.3) is 117 Å². The normalized spacial score (nSPS) is 11.8. The molecule has 12 aromatic rings. The largest absolute Gasteiger partial charge is 0.508 e. The van der Waals surface area contributed by atoms with Crippen molar-refractivity contribution in [3.8, 4) is 143 Å². The van der Waals surface area contributed by atoms with Crippen molar-refractivity contribution in [2.75, 3.05) is 0 Å². The van der Waals surface area contributed by atoms with Crippen molar-refractivity contribution in [2.24, 2.45) is 0 Å². The maximum absolute atomic E-state index is 12.7. The fourth-order valence-corrected chi connectivity index (χ4v) is 10.3. The second-order valence-electron chi connectivity index (χ2n) is 18.3. The number of para-hydroxylation sites is 2. The summed E-state index contributed by atoms with van der Waals surface area (Å²) in [5.74, 6) is -19.2. The summed E-state index contributed by atoms with van der Waals surface area (Å²) in [6.07, 6.45) is 0. The van der Waals surface area contributed by atoms with Crippen LogP contribution in [0.2, 0.25) is 0 Å². The van der Waals surface area contributed by atoms with Gasteiger partial charge in [0, 0.05) is 33.0 Å². The number of aromatic hydroxyl groups is 15. The van der Waals surface area contributed by atoms with E-state index in [2.05, 4.69) is 15.0 Å². The molecule has 0 spiro atoms. The number of phenols is 15. The van der Waals surface area contributed by atoms with Crippen molar-refractivity contribution in [3.05, 3.63) is 66.7 Å². The van der Waals surface area contributed by atoms with E-state index >= 15 is 0 Å². The second kappa shape index (κ2) is 16.1. The molecule has 378 valence electrons. The van der Waals surface area contributed by atoms with E-state index < -0.39 is 148 Å². The predicted molar refractivity (Wildman–Crippen MR) is 289 cm³/mol. The van der Waals surface area contributed by atoms with Gasteiger partial charge in [0.05, 0.1) is 10.8 Å². The molecule has 0 saturated heterocycles. The third kappa shape index (κ3) is 6.13. The van der Waals surface area contributed by atoms with E-state index in [1.165, 1.54) is 7.85 Å². The number of phenolic OH excluding ortho intramolecular Hbond substituents is 15. The van der Waals surface area contributed by atoms with Crippen molar-refractivity contribution in [3.63, 3.8) is 0 Å². The number of nitrogens with zero attached hydrogens (tertiary/aromatic N) is 4. The maximum Gasteiger partial charge on any atom is 0.252 e. The monoisotopic (exact) mass is 1030 g/mol. The smallest absolute Gasteiger partial charge is 0.252 e. The highest BCUT2D eigenvalue weighted by Crippen LogP contribution is 2.58. The van der Waals surface area contributed by atoms with Gasteiger partial charge in [0.1, 0.15) is 87.5 Å². The van der Waals surface area contributed by atoms with Gasteiger partial charge >= 0.3 is 0 Å². The molecule has 8 aromatic carbocycles. The van der Waals surface area contributed by atoms with Crippen LogP contribution in [0.4, 0.5) is 0 Å². The zero-order valence-electron chi connectivity index (χ0n) is 40.1. The molecule has 26 heteroatoms. The molecule has 77 heavy (non-hydrogen) atoms. The van der Waals surface area contributed by atoms with Crippen molar-refractivity contribution in [1.29, 1.82) is 0 Å². The molecule has 4 heterocycles. The molecule has 15 N–H and O–H groups in total. The molecule has 0 aliphatic heterocycles. The predicted octanol–water partition coefficient (Wildman–Crippen LogP) is 2.18. The molecular formula is C51H34B4N4O18. The minimum Gasteiger partial charge on any atom is -0.508 e. The Balaban J connectivity index is 1.20. The molecular weight excluding hydrogens is 1000 g/mol. The number of rotatable bonds is 5. The van der Waals surface area contributed by atoms with Gasteiger partial charge in [-0.1, -0.05) is 83.1 Å². The average molecular weight is 1030 g/mol. The molecule has 0 aliphatic rings. The number of benzene rings is 8. The summed E-state index contributed by atoms with van der Waals surface area (Å²) in [4.78, 5) is 13.6. The topological polar surface area (TPSA) is 386 Å². The Hall–Kier alpha value is -10.8. The molecule has 0 radical (unpaired) electrons. The Kier molecular flexibility index (Phi) is 9.89. The quantitative estimate of drug-likeness (QED) is 0.0508. The molecule has 0 atom stereocenters. The van der Waals surface area contributed by atoms with Crippen LogP contribution in [-0.4, -0.2) is 127 Å². The van der Waals surface area contributed by atoms with Gasteiger partial charge in [0.2, 0.25) is 40.1 Å². The Labute approximate surface area is 431 Å². The second-order valence-corrected chi connectivity index (χ2v) is 18.3. The van der Waals surface area contributed by atoms with Crippen LogP contribution in [0.15, 0.2) is 80.3 Å². The van der Waals surface area contributed by atoms with E-state index in [0.29, 0.717) is 27.6 Å². The Morgan fingerprint density at radius 2 is 0.792 bits per heavy atom. The molecule has 0 unspecified atom stereocenters. The van der Waals surface area contributed by atoms with Crippen LogP contribution in [-0.2, 0) is 0 Å². The van der Waals surface area contributed by atoms with Gasteiger partial charge in [-0.05, 0) is 11.0 Å². The Morgan fingerprint density at radius 3 is 1.40 bits per heavy atom. The highest BCUT2D eigenvalue weighted by molar-refractivity contribution is 6.56. The third-order valence-electron chi connectivity index (χ3n) is 14.3. The fraction of sp³-hybridized carbons (Fsp3) is 0. The zero-order chi connectivity index (χ0) is 54.7. The molecule has 0 bridgehead atoms. The lowest BCUT2D eigenvalue weighted by molar-refractivity contribution is 0.0875. The lowest BCUT2D eigenvalue weighted by Crippen LogP contribution is -2.35. The minimum absolute atomic E-state index is 0.119. The van der Waals surface area contributed by atoms with Gasteiger partial charge in [-0.2, -0.15) is 0 Å². The lowest BCUT2D eigenvalue weighted by Gasteiger charge is -2.21. The van der Waals surface area contributed by atoms with Gasteiger partial charge < -0.3 is 81.0 Å². The first kappa shape index (κ1) is 47.2. The van der Waals surface area contributed by atoms with E-state index in [4.69, 9.17) is 13.6 Å². The average Bonchev–Trinajstić information content (AvgIpc) is 4.11. The lowest BCUT2D eigenvalue weighted by atomic mass is 9.69. The van der Waals surface area contributed by atoms with Crippen LogP contribution in [0, 0.1) is 0 Å². The molecule has 12 rings (SSSR count). The number of aromatic nitrogens is 4. The molecule has 0 saturated carbocycles. The van der Waals surface area contributed by atoms with Crippen molar-refractivity contribution in [1.82, 2.24) is 19.4 Å². The van der Waals surface area contributed by atoms with Crippen molar-refractivity contribution >= 4 is 114 Å². The van der Waals surface area contributed by atoms with E-state index in [9.17, 15) is 76.6 Å². The van der Waals surface area contributed by atoms with Crippen LogP contribution in [0.1, 0.15) is 0 Å². The van der Waals surface area contributed by atoms with Crippen LogP contribution >= 0.6 is 0 Å². The summed E-state index contributed by atoms with van der Waals surface area (Å²) in [7, 11) is 6.02. The van der Waals surface area contributed by atoms with Gasteiger partial charge in [0.15, 0.2) is 52.0 Å². The number of hydrogen-bond acceptors (Lipinski definition) is 21. The van der Waals surface area contributed by atoms with Crippen LogP contribution < -0.4 is 21.9 Å². The molecule has 22 nitrogen and oxygen atoms in total. The number of fused-ring (bicyclic) bond motifs is 8. The molecule has 0 aliphatic carbocycles. The van der Waals surface area contributed by atoms with Gasteiger partial charge in [0.25, 0.3) is 5.58 Å². The van der Waals surface area contributed by atoms with E-state index in [1.807, 2.05) is 54.6 Å². The first-order valence-corrected chi connectivity index (χ1v) is 23.0. The van der Waals surface area contributed by atoms with E-state index in [-0.39, 0.29) is 33.3 Å². The number of hydrogen-bond donors (Lipinski definition) is 15. The molecule has 0 amide bonds. The summed E-state index contributed by atoms with van der Waals surface area (Å²) < 4.78 is 18.0. The first-order valence-electron chi connectivity index (χ1n) is 23.0. The van der Waals surface area contributed by atoms with Gasteiger partial charge in [-0.3, -0.25) is 13.6 Å². The Morgan fingerprint density at radius 1 is 0.325 bits per heavy atom. The highest BCUT2D eigenvalue weighted by Gasteiger charge is 2.36. The summed E-state index contributed by atoms with van der Waals surface area (Å²) in [5.41, 5.74) is -1.69. The summed E-state index contributed by atoms with van der Waals surface area (Å²) in [5, 5.41) is 171. The highest BCUT2D eigenvalue weighted by atomic mass is 17.0. The summed E-state index contributed by atoms with van der Waals surface area (Å²) in [6.45, 7) is 0. The summed E-state index contributed by atoms with van der Waals surface area (Å²) in [6, 6.07) is 20.6. The SMILES string of the molecule is Bc1c(B)c(-c2nc(-c3c(O)c(O)c(O)c(O)c3O)nc(-c3c(O)c(O)c4c(c3O)c3c(O)c(B)c(O)c5ooc6c(O)c(O)c(O)c(O)c6n4c53)n2)c(B)c(-c2cccc3c2oc2c(-c4ccccc4)cccc23)c1O. The van der Waals surface area contributed by atoms with Crippen molar-refractivity contribution < 1.29 is 90.2 Å². The first-order chi connectivity index (χ1) is 36.7. The Bertz CT molecular complexity index is 4680. The summed E-state index contributed by atoms with van der Waals surface area (Å²) >= 11 is 0. The van der Waals surface area contributed by atoms with Crippen LogP contribution in [0.3, 0.4) is 0 Å². The third-order valence-corrected chi connectivity index (χ3v) is 14.3. The van der Waals surface area contributed by atoms with Gasteiger partial charge in [-0.25, -0.2) is 15.0 Å². The standard InChI is InChI=1S/C51H34B4N4O18/c52-23-17(16-11-5-10-15-14-9-4-8-13(45(14)75-46(15)16)12-6-2-1-3-7-12)31(61)25(54)24(53)20(23)49-56-50(58-51(57-49)22-34(64)39(69)42(72)40(70)35(22)65)21-30(60)18-19-28-47(36(66)26(55)32(19)62)76-77-48-29(38(68)41(71)43(73)44(48)74)59(28)27(18)37(67)33(21)63/h1-11,60-74H,52-55H2. The van der Waals surface area contributed by atoms with E-state index in [0.717, 1.165) is 20.9 Å². The van der Waals surface area contributed by atoms with Crippen molar-refractivity contribution in [2.45, 2.75) is 0 Å². The number of furan rings is 1. The fourth-order valence-electron chi connectivity index (χ4n) is 10.3. The van der Waals surface area contributed by atoms with E-state index in [1.54, 1.807) is 35.7 Å². The van der Waals surface area contributed by atoms with Crippen LogP contribution in [0.5, 0.6) is 86.2 Å². The maximum atomic E-state index is 12.7. The molecule has 0 fully saturated rings. The minimum atomic E-state index is -1.34.